The summed E-state index contributed by atoms with van der Waals surface area (Å²) in [5.74, 6) is 1.22. The molecule has 0 unspecified atom stereocenters. The number of carbonyl (C=O) groups excluding carboxylic acids is 1. The lowest BCUT2D eigenvalue weighted by Crippen LogP contribution is -1.90. The molecule has 0 aliphatic rings. The quantitative estimate of drug-likeness (QED) is 0.574. The van der Waals surface area contributed by atoms with Crippen LogP contribution < -0.4 is 0 Å². The Labute approximate surface area is 53.3 Å². The second-order valence-electron chi connectivity index (χ2n) is 0.963. The highest BCUT2D eigenvalue weighted by atomic mass is 32.2. The molecule has 0 spiro atoms. The van der Waals surface area contributed by atoms with Crippen molar-refractivity contribution in [1.82, 2.24) is 0 Å². The van der Waals surface area contributed by atoms with Crippen molar-refractivity contribution < 1.29 is 4.79 Å². The van der Waals surface area contributed by atoms with Gasteiger partial charge in [0, 0.05) is 0 Å². The van der Waals surface area contributed by atoms with Crippen LogP contribution in [0.5, 0.6) is 0 Å². The number of hydrogen-bond donors (Lipinski definition) is 1. The lowest BCUT2D eigenvalue weighted by atomic mass is 10.9. The Morgan fingerprint density at radius 3 is 2.57 bits per heavy atom. The highest BCUT2D eigenvalue weighted by molar-refractivity contribution is 8.14. The monoisotopic (exact) mass is 136 g/mol. The number of carbonyl (C=O) groups is 1. The van der Waals surface area contributed by atoms with Gasteiger partial charge in [-0.3, -0.25) is 4.79 Å². The van der Waals surface area contributed by atoms with Gasteiger partial charge in [-0.15, -0.1) is 0 Å². The van der Waals surface area contributed by atoms with E-state index in [2.05, 4.69) is 12.6 Å². The van der Waals surface area contributed by atoms with E-state index in [1.807, 2.05) is 6.92 Å². The Morgan fingerprint density at radius 1 is 1.86 bits per heavy atom. The molecule has 0 atom stereocenters. The van der Waals surface area contributed by atoms with Crippen molar-refractivity contribution in [2.75, 3.05) is 11.5 Å². The van der Waals surface area contributed by atoms with Crippen LogP contribution in [0.3, 0.4) is 0 Å². The molecule has 0 saturated heterocycles. The van der Waals surface area contributed by atoms with Crippen LogP contribution in [0.15, 0.2) is 0 Å². The Hall–Kier alpha value is 0.370. The van der Waals surface area contributed by atoms with Gasteiger partial charge in [0.15, 0.2) is 5.12 Å². The predicted octanol–water partition coefficient (Wildman–Crippen LogP) is 1.20. The van der Waals surface area contributed by atoms with Gasteiger partial charge in [0.25, 0.3) is 0 Å². The van der Waals surface area contributed by atoms with Crippen LogP contribution >= 0.6 is 24.4 Å². The molecule has 0 rings (SSSR count). The van der Waals surface area contributed by atoms with Crippen LogP contribution in [0.25, 0.3) is 0 Å². The molecule has 0 aromatic heterocycles. The van der Waals surface area contributed by atoms with E-state index in [1.54, 1.807) is 0 Å². The van der Waals surface area contributed by atoms with Gasteiger partial charge in [-0.2, -0.15) is 12.6 Å². The topological polar surface area (TPSA) is 17.1 Å². The third-order valence-electron chi connectivity index (χ3n) is 0.434. The van der Waals surface area contributed by atoms with Gasteiger partial charge in [-0.05, 0) is 5.75 Å². The van der Waals surface area contributed by atoms with Crippen molar-refractivity contribution in [2.45, 2.75) is 6.92 Å². The van der Waals surface area contributed by atoms with Gasteiger partial charge >= 0.3 is 0 Å². The van der Waals surface area contributed by atoms with E-state index in [-0.39, 0.29) is 5.12 Å². The van der Waals surface area contributed by atoms with Crippen molar-refractivity contribution in [2.24, 2.45) is 0 Å². The van der Waals surface area contributed by atoms with Crippen LogP contribution in [0.1, 0.15) is 6.92 Å². The molecule has 0 aromatic carbocycles. The van der Waals surface area contributed by atoms with Gasteiger partial charge in [-0.1, -0.05) is 18.7 Å². The molecule has 1 nitrogen and oxygen atoms in total. The molecule has 0 amide bonds. The third kappa shape index (κ3) is 4.22. The maximum Gasteiger partial charge on any atom is 0.198 e. The molecular weight excluding hydrogens is 128 g/mol. The molecule has 0 N–H and O–H groups in total. The molecule has 42 valence electrons. The van der Waals surface area contributed by atoms with Crippen molar-refractivity contribution in [3.05, 3.63) is 0 Å². The smallest absolute Gasteiger partial charge is 0.198 e. The highest BCUT2D eigenvalue weighted by Crippen LogP contribution is 2.00. The summed E-state index contributed by atoms with van der Waals surface area (Å²) in [7, 11) is 0. The molecule has 0 aromatic rings. The van der Waals surface area contributed by atoms with Crippen molar-refractivity contribution in [3.8, 4) is 0 Å². The molecule has 0 saturated carbocycles. The second kappa shape index (κ2) is 4.53. The first-order valence-corrected chi connectivity index (χ1v) is 3.69. The van der Waals surface area contributed by atoms with Crippen LogP contribution in [0.4, 0.5) is 0 Å². The van der Waals surface area contributed by atoms with E-state index in [0.717, 1.165) is 5.75 Å². The zero-order valence-corrected chi connectivity index (χ0v) is 5.89. The number of thioether (sulfide) groups is 1. The summed E-state index contributed by atoms with van der Waals surface area (Å²) in [5, 5.41) is 0.158. The standard InChI is InChI=1S/C4H8OS2/c1-2-7-4(5)3-6/h6H,2-3H2,1H3. The maximum atomic E-state index is 10.3. The highest BCUT2D eigenvalue weighted by Gasteiger charge is 1.92. The maximum absolute atomic E-state index is 10.3. The minimum atomic E-state index is 0.158. The average molecular weight is 136 g/mol. The second-order valence-corrected chi connectivity index (χ2v) is 2.60. The Morgan fingerprint density at radius 2 is 2.43 bits per heavy atom. The summed E-state index contributed by atoms with van der Waals surface area (Å²) in [6.07, 6.45) is 0. The molecule has 0 aliphatic heterocycles. The van der Waals surface area contributed by atoms with E-state index in [0.29, 0.717) is 5.75 Å². The SMILES string of the molecule is CCSC(=O)CS. The van der Waals surface area contributed by atoms with Crippen LogP contribution in [-0.4, -0.2) is 16.6 Å². The van der Waals surface area contributed by atoms with Gasteiger partial charge in [0.05, 0.1) is 5.75 Å². The first kappa shape index (κ1) is 7.37. The molecule has 0 radical (unpaired) electrons. The summed E-state index contributed by atoms with van der Waals surface area (Å²) >= 11 is 5.10. The van der Waals surface area contributed by atoms with Crippen LogP contribution in [0, 0.1) is 0 Å². The van der Waals surface area contributed by atoms with E-state index >= 15 is 0 Å². The Balaban J connectivity index is 3.00. The predicted molar refractivity (Wildman–Crippen MR) is 37.0 cm³/mol. The van der Waals surface area contributed by atoms with Crippen molar-refractivity contribution in [3.63, 3.8) is 0 Å². The lowest BCUT2D eigenvalue weighted by molar-refractivity contribution is -0.108. The third-order valence-corrected chi connectivity index (χ3v) is 1.69. The molecule has 0 heterocycles. The molecular formula is C4H8OS2. The van der Waals surface area contributed by atoms with Gasteiger partial charge in [-0.25, -0.2) is 0 Å². The molecule has 3 heteroatoms. The average Bonchev–Trinajstić information content (AvgIpc) is 1.68. The van der Waals surface area contributed by atoms with Crippen LogP contribution in [0.2, 0.25) is 0 Å². The van der Waals surface area contributed by atoms with Crippen molar-refractivity contribution >= 4 is 29.5 Å². The fourth-order valence-electron chi connectivity index (χ4n) is 0.207. The molecule has 0 aliphatic carbocycles. The lowest BCUT2D eigenvalue weighted by Gasteiger charge is -1.86. The summed E-state index contributed by atoms with van der Waals surface area (Å²) in [6.45, 7) is 1.95. The van der Waals surface area contributed by atoms with E-state index in [9.17, 15) is 4.79 Å². The zero-order valence-electron chi connectivity index (χ0n) is 4.18. The number of hydrogen-bond acceptors (Lipinski definition) is 3. The summed E-state index contributed by atoms with van der Waals surface area (Å²) in [6, 6.07) is 0. The number of rotatable bonds is 2. The van der Waals surface area contributed by atoms with Crippen LogP contribution in [-0.2, 0) is 4.79 Å². The molecule has 0 fully saturated rings. The summed E-state index contributed by atoms with van der Waals surface area (Å²) in [5.41, 5.74) is 0. The minimum absolute atomic E-state index is 0.158. The Kier molecular flexibility index (Phi) is 4.77. The minimum Gasteiger partial charge on any atom is -0.286 e. The zero-order chi connectivity index (χ0) is 5.70. The van der Waals surface area contributed by atoms with E-state index in [4.69, 9.17) is 0 Å². The summed E-state index contributed by atoms with van der Waals surface area (Å²) < 4.78 is 0. The van der Waals surface area contributed by atoms with Crippen molar-refractivity contribution in [1.29, 1.82) is 0 Å². The van der Waals surface area contributed by atoms with E-state index in [1.165, 1.54) is 11.8 Å². The van der Waals surface area contributed by atoms with E-state index < -0.39 is 0 Å². The van der Waals surface area contributed by atoms with Gasteiger partial charge in [0.1, 0.15) is 0 Å². The first-order valence-electron chi connectivity index (χ1n) is 2.07. The number of thiol groups is 1. The molecule has 0 bridgehead atoms. The Bertz CT molecular complexity index is 62.7. The first-order chi connectivity index (χ1) is 3.31. The summed E-state index contributed by atoms with van der Waals surface area (Å²) in [4.78, 5) is 10.3. The molecule has 7 heavy (non-hydrogen) atoms. The fourth-order valence-corrected chi connectivity index (χ4v) is 0.894. The largest absolute Gasteiger partial charge is 0.286 e. The normalized spacial score (nSPS) is 8.86. The van der Waals surface area contributed by atoms with Gasteiger partial charge in [0.2, 0.25) is 0 Å². The van der Waals surface area contributed by atoms with Gasteiger partial charge < -0.3 is 0 Å². The fraction of sp³-hybridized carbons (Fsp3) is 0.750.